The number of nitrogens with two attached hydrogens (primary N) is 1. The van der Waals surface area contributed by atoms with E-state index in [2.05, 4.69) is 4.98 Å². The molecule has 6 heteroatoms. The second-order valence-electron chi connectivity index (χ2n) is 3.80. The van der Waals surface area contributed by atoms with E-state index in [4.69, 9.17) is 15.7 Å². The van der Waals surface area contributed by atoms with Crippen molar-refractivity contribution in [3.8, 4) is 11.8 Å². The molecule has 0 radical (unpaired) electrons. The normalized spacial score (nSPS) is 10.8. The second kappa shape index (κ2) is 6.50. The number of nitriles is 1. The van der Waals surface area contributed by atoms with Crippen LogP contribution in [0.1, 0.15) is 10.7 Å². The fourth-order valence-electron chi connectivity index (χ4n) is 1.43. The van der Waals surface area contributed by atoms with Crippen molar-refractivity contribution in [3.63, 3.8) is 0 Å². The Hall–Kier alpha value is -2.65. The smallest absolute Gasteiger partial charge is 0.259 e. The van der Waals surface area contributed by atoms with Gasteiger partial charge in [-0.25, -0.2) is 4.98 Å². The minimum absolute atomic E-state index is 0.120. The van der Waals surface area contributed by atoms with Crippen molar-refractivity contribution in [3.05, 3.63) is 52.0 Å². The number of rotatable bonds is 5. The third-order valence-corrected chi connectivity index (χ3v) is 3.19. The topological polar surface area (TPSA) is 89.0 Å². The Bertz CT molecular complexity index is 671. The molecule has 0 bridgehead atoms. The van der Waals surface area contributed by atoms with Crippen LogP contribution in [0.5, 0.6) is 5.75 Å². The van der Waals surface area contributed by atoms with Gasteiger partial charge in [-0.2, -0.15) is 5.26 Å². The van der Waals surface area contributed by atoms with Gasteiger partial charge in [0.05, 0.1) is 5.69 Å². The molecule has 1 heterocycles. The lowest BCUT2D eigenvalue weighted by molar-refractivity contribution is -0.114. The second-order valence-corrected chi connectivity index (χ2v) is 4.74. The van der Waals surface area contributed by atoms with Crippen molar-refractivity contribution in [1.82, 2.24) is 4.98 Å². The minimum Gasteiger partial charge on any atom is -0.486 e. The van der Waals surface area contributed by atoms with Crippen LogP contribution < -0.4 is 10.5 Å². The summed E-state index contributed by atoms with van der Waals surface area (Å²) >= 11 is 1.39. The van der Waals surface area contributed by atoms with E-state index >= 15 is 0 Å². The highest BCUT2D eigenvalue weighted by Gasteiger charge is 2.06. The maximum absolute atomic E-state index is 10.9. The Balaban J connectivity index is 2.03. The van der Waals surface area contributed by atoms with E-state index < -0.39 is 5.91 Å². The Labute approximate surface area is 119 Å². The van der Waals surface area contributed by atoms with Gasteiger partial charge in [0, 0.05) is 5.38 Å². The predicted octanol–water partition coefficient (Wildman–Crippen LogP) is 2.11. The van der Waals surface area contributed by atoms with E-state index in [1.165, 1.54) is 17.4 Å². The Morgan fingerprint density at radius 1 is 1.45 bits per heavy atom. The summed E-state index contributed by atoms with van der Waals surface area (Å²) in [6.07, 6.45) is 1.37. The highest BCUT2D eigenvalue weighted by Crippen LogP contribution is 2.16. The van der Waals surface area contributed by atoms with E-state index in [0.717, 1.165) is 10.8 Å². The first-order valence-electron chi connectivity index (χ1n) is 5.73. The zero-order valence-electron chi connectivity index (χ0n) is 10.4. The quantitative estimate of drug-likeness (QED) is 0.673. The van der Waals surface area contributed by atoms with Gasteiger partial charge in [0.2, 0.25) is 0 Å². The first kappa shape index (κ1) is 13.8. The summed E-state index contributed by atoms with van der Waals surface area (Å²) in [4.78, 5) is 15.2. The average molecular weight is 285 g/mol. The molecule has 2 rings (SSSR count). The summed E-state index contributed by atoms with van der Waals surface area (Å²) in [5.41, 5.74) is 5.46. The van der Waals surface area contributed by atoms with Crippen molar-refractivity contribution < 1.29 is 9.53 Å². The molecule has 0 saturated heterocycles. The average Bonchev–Trinajstić information content (AvgIpc) is 2.91. The number of hydrogen-bond acceptors (Lipinski definition) is 5. The van der Waals surface area contributed by atoms with Crippen LogP contribution in [0, 0.1) is 11.3 Å². The van der Waals surface area contributed by atoms with Crippen molar-refractivity contribution >= 4 is 23.3 Å². The molecule has 0 atom stereocenters. The van der Waals surface area contributed by atoms with Crippen LogP contribution in [0.4, 0.5) is 0 Å². The molecule has 0 aliphatic rings. The largest absolute Gasteiger partial charge is 0.486 e. The van der Waals surface area contributed by atoms with Crippen LogP contribution >= 0.6 is 11.3 Å². The summed E-state index contributed by atoms with van der Waals surface area (Å²) in [6, 6.07) is 11.1. The lowest BCUT2D eigenvalue weighted by atomic mass is 10.2. The fourth-order valence-corrected chi connectivity index (χ4v) is 2.09. The molecule has 20 heavy (non-hydrogen) atoms. The molecule has 5 nitrogen and oxygen atoms in total. The summed E-state index contributed by atoms with van der Waals surface area (Å²) in [5.74, 6) is -0.00257. The van der Waals surface area contributed by atoms with Gasteiger partial charge >= 0.3 is 0 Å². The molecule has 0 saturated carbocycles. The van der Waals surface area contributed by atoms with Gasteiger partial charge in [-0.3, -0.25) is 4.79 Å². The number of carbonyl (C=O) groups is 1. The zero-order valence-corrected chi connectivity index (χ0v) is 11.3. The molecule has 2 N–H and O–H groups in total. The number of primary amides is 1. The van der Waals surface area contributed by atoms with Crippen molar-refractivity contribution in [2.24, 2.45) is 5.73 Å². The molecule has 2 aromatic rings. The molecule has 1 amide bonds. The molecule has 0 spiro atoms. The molecular formula is C14H11N3O2S. The van der Waals surface area contributed by atoms with Crippen molar-refractivity contribution in [2.45, 2.75) is 6.61 Å². The van der Waals surface area contributed by atoms with Gasteiger partial charge in [0.15, 0.2) is 0 Å². The van der Waals surface area contributed by atoms with Gasteiger partial charge in [-0.15, -0.1) is 11.3 Å². The van der Waals surface area contributed by atoms with Crippen molar-refractivity contribution in [1.29, 1.82) is 5.26 Å². The third kappa shape index (κ3) is 3.67. The summed E-state index contributed by atoms with van der Waals surface area (Å²) in [6.45, 7) is 0.334. The van der Waals surface area contributed by atoms with Crippen LogP contribution in [-0.4, -0.2) is 10.9 Å². The minimum atomic E-state index is -0.761. The SMILES string of the molecule is N#C/C(=C\c1csc(COc2ccccc2)n1)C(N)=O. The van der Waals surface area contributed by atoms with Crippen LogP contribution in [0.3, 0.4) is 0 Å². The first-order valence-corrected chi connectivity index (χ1v) is 6.61. The van der Waals surface area contributed by atoms with Crippen LogP contribution in [0.2, 0.25) is 0 Å². The van der Waals surface area contributed by atoms with Gasteiger partial charge in [-0.05, 0) is 18.2 Å². The Kier molecular flexibility index (Phi) is 4.47. The van der Waals surface area contributed by atoms with Crippen LogP contribution in [-0.2, 0) is 11.4 Å². The van der Waals surface area contributed by atoms with Gasteiger partial charge in [-0.1, -0.05) is 18.2 Å². The van der Waals surface area contributed by atoms with E-state index in [0.29, 0.717) is 12.3 Å². The highest BCUT2D eigenvalue weighted by atomic mass is 32.1. The molecular weight excluding hydrogens is 274 g/mol. The number of nitrogens with zero attached hydrogens (tertiary/aromatic N) is 2. The number of para-hydroxylation sites is 1. The summed E-state index contributed by atoms with van der Waals surface area (Å²) in [5, 5.41) is 11.2. The van der Waals surface area contributed by atoms with E-state index in [9.17, 15) is 4.79 Å². The zero-order chi connectivity index (χ0) is 14.4. The number of ether oxygens (including phenoxy) is 1. The molecule has 0 aliphatic carbocycles. The third-order valence-electron chi connectivity index (χ3n) is 2.35. The monoisotopic (exact) mass is 285 g/mol. The van der Waals surface area contributed by atoms with Gasteiger partial charge < -0.3 is 10.5 Å². The van der Waals surface area contributed by atoms with E-state index in [1.54, 1.807) is 11.4 Å². The number of thiazole rings is 1. The number of hydrogen-bond donors (Lipinski definition) is 1. The van der Waals surface area contributed by atoms with Gasteiger partial charge in [0.1, 0.15) is 29.0 Å². The predicted molar refractivity (Wildman–Crippen MR) is 75.7 cm³/mol. The van der Waals surface area contributed by atoms with Crippen LogP contribution in [0.15, 0.2) is 41.3 Å². The van der Waals surface area contributed by atoms with Gasteiger partial charge in [0.25, 0.3) is 5.91 Å². The maximum atomic E-state index is 10.9. The first-order chi connectivity index (χ1) is 9.69. The molecule has 1 aromatic heterocycles. The number of benzene rings is 1. The van der Waals surface area contributed by atoms with Crippen molar-refractivity contribution in [2.75, 3.05) is 0 Å². The molecule has 0 aliphatic heterocycles. The Morgan fingerprint density at radius 2 is 2.20 bits per heavy atom. The standard InChI is InChI=1S/C14H11N3O2S/c15-7-10(14(16)18)6-11-9-20-13(17-11)8-19-12-4-2-1-3-5-12/h1-6,9H,8H2,(H2,16,18)/b10-6+. The summed E-state index contributed by atoms with van der Waals surface area (Å²) in [7, 11) is 0. The van der Waals surface area contributed by atoms with E-state index in [1.807, 2.05) is 30.3 Å². The van der Waals surface area contributed by atoms with E-state index in [-0.39, 0.29) is 5.57 Å². The molecule has 100 valence electrons. The maximum Gasteiger partial charge on any atom is 0.259 e. The summed E-state index contributed by atoms with van der Waals surface area (Å²) < 4.78 is 5.55. The molecule has 1 aromatic carbocycles. The number of carbonyl (C=O) groups excluding carboxylic acids is 1. The molecule has 0 fully saturated rings. The lowest BCUT2D eigenvalue weighted by Gasteiger charge is -2.02. The molecule has 0 unspecified atom stereocenters. The Morgan fingerprint density at radius 3 is 2.85 bits per heavy atom. The van der Waals surface area contributed by atoms with Crippen LogP contribution in [0.25, 0.3) is 6.08 Å². The highest BCUT2D eigenvalue weighted by molar-refractivity contribution is 7.09. The number of amides is 1. The fraction of sp³-hybridized carbons (Fsp3) is 0.0714. The lowest BCUT2D eigenvalue weighted by Crippen LogP contribution is -2.12. The number of aromatic nitrogens is 1.